The number of hydrogen-bond acceptors (Lipinski definition) is 3. The zero-order valence-electron chi connectivity index (χ0n) is 15.4. The largest absolute Gasteiger partial charge is 0.340 e. The molecule has 27 heavy (non-hydrogen) atoms. The Morgan fingerprint density at radius 3 is 2.78 bits per heavy atom. The molecule has 1 aromatic heterocycles. The summed E-state index contributed by atoms with van der Waals surface area (Å²) in [5.74, 6) is 1.49. The third-order valence-electron chi connectivity index (χ3n) is 6.69. The van der Waals surface area contributed by atoms with Crippen molar-refractivity contribution in [1.29, 1.82) is 0 Å². The number of amides is 1. The Labute approximate surface area is 164 Å². The maximum absolute atomic E-state index is 13.2. The van der Waals surface area contributed by atoms with Gasteiger partial charge in [0.05, 0.1) is 17.9 Å². The Kier molecular flexibility index (Phi) is 4.25. The predicted octanol–water partition coefficient (Wildman–Crippen LogP) is 3.78. The zero-order valence-corrected chi connectivity index (χ0v) is 16.1. The lowest BCUT2D eigenvalue weighted by atomic mass is 9.91. The molecule has 5 rings (SSSR count). The Balaban J connectivity index is 1.33. The Morgan fingerprint density at radius 1 is 1.22 bits per heavy atom. The highest BCUT2D eigenvalue weighted by Crippen LogP contribution is 2.59. The number of imidazole rings is 1. The summed E-state index contributed by atoms with van der Waals surface area (Å²) in [6.07, 6.45) is 7.26. The first kappa shape index (κ1) is 17.3. The molecule has 1 aromatic carbocycles. The normalized spacial score (nSPS) is 26.5. The van der Waals surface area contributed by atoms with E-state index in [0.717, 1.165) is 73.8 Å². The van der Waals surface area contributed by atoms with E-state index < -0.39 is 0 Å². The molecule has 2 aromatic rings. The van der Waals surface area contributed by atoms with E-state index in [0.29, 0.717) is 5.91 Å². The number of nitrogens with zero attached hydrogens (tertiary/aromatic N) is 2. The van der Waals surface area contributed by atoms with E-state index in [4.69, 9.17) is 11.6 Å². The molecule has 2 N–H and O–H groups in total. The van der Waals surface area contributed by atoms with E-state index in [1.165, 1.54) is 0 Å². The van der Waals surface area contributed by atoms with E-state index in [1.807, 2.05) is 30.5 Å². The lowest BCUT2D eigenvalue weighted by Crippen LogP contribution is -2.36. The number of aromatic nitrogens is 2. The van der Waals surface area contributed by atoms with Crippen molar-refractivity contribution in [2.45, 2.75) is 38.1 Å². The Bertz CT molecular complexity index is 840. The summed E-state index contributed by atoms with van der Waals surface area (Å²) in [5.41, 5.74) is 2.32. The van der Waals surface area contributed by atoms with Crippen LogP contribution in [-0.2, 0) is 4.79 Å². The van der Waals surface area contributed by atoms with E-state index in [1.54, 1.807) is 0 Å². The van der Waals surface area contributed by atoms with Crippen molar-refractivity contribution in [3.05, 3.63) is 41.3 Å². The molecule has 2 saturated heterocycles. The molecule has 2 atom stereocenters. The summed E-state index contributed by atoms with van der Waals surface area (Å²) >= 11 is 5.99. The van der Waals surface area contributed by atoms with Gasteiger partial charge in [-0.15, -0.1) is 0 Å². The Hall–Kier alpha value is -1.85. The molecule has 3 aliphatic rings. The summed E-state index contributed by atoms with van der Waals surface area (Å²) < 4.78 is 0. The van der Waals surface area contributed by atoms with E-state index in [9.17, 15) is 4.79 Å². The van der Waals surface area contributed by atoms with Gasteiger partial charge in [0.25, 0.3) is 0 Å². The predicted molar refractivity (Wildman–Crippen MR) is 105 cm³/mol. The van der Waals surface area contributed by atoms with Crippen molar-refractivity contribution in [2.24, 2.45) is 11.3 Å². The molecule has 5 nitrogen and oxygen atoms in total. The SMILES string of the molecule is O=C(C1CC12CCNCC2)N1CCCC1c1ncc(-c2ccc(Cl)cc2)[nH]1. The van der Waals surface area contributed by atoms with Gasteiger partial charge in [0.1, 0.15) is 5.82 Å². The first-order valence-corrected chi connectivity index (χ1v) is 10.4. The van der Waals surface area contributed by atoms with Crippen LogP contribution in [0.25, 0.3) is 11.3 Å². The highest BCUT2D eigenvalue weighted by Gasteiger charge is 2.59. The van der Waals surface area contributed by atoms with Gasteiger partial charge >= 0.3 is 0 Å². The standard InChI is InChI=1S/C21H25ClN4O/c22-15-5-3-14(4-6-15)17-13-24-19(25-17)18-2-1-11-26(18)20(27)16-12-21(16)7-9-23-10-8-21/h3-6,13,16,18,23H,1-2,7-12H2,(H,24,25). The van der Waals surface area contributed by atoms with Crippen LogP contribution >= 0.6 is 11.6 Å². The fourth-order valence-electron chi connectivity index (χ4n) is 4.97. The molecule has 2 unspecified atom stereocenters. The molecule has 3 heterocycles. The monoisotopic (exact) mass is 384 g/mol. The number of nitrogens with one attached hydrogen (secondary N) is 2. The Morgan fingerprint density at radius 2 is 2.00 bits per heavy atom. The average Bonchev–Trinajstić information content (AvgIpc) is 3.09. The topological polar surface area (TPSA) is 61.0 Å². The fourth-order valence-corrected chi connectivity index (χ4v) is 5.10. The molecule has 1 amide bonds. The third-order valence-corrected chi connectivity index (χ3v) is 6.94. The van der Waals surface area contributed by atoms with Crippen molar-refractivity contribution in [3.8, 4) is 11.3 Å². The van der Waals surface area contributed by atoms with Gasteiger partial charge in [-0.3, -0.25) is 4.79 Å². The van der Waals surface area contributed by atoms with Crippen LogP contribution in [-0.4, -0.2) is 40.4 Å². The molecule has 0 radical (unpaired) electrons. The molecule has 6 heteroatoms. The molecule has 1 spiro atoms. The quantitative estimate of drug-likeness (QED) is 0.846. The first-order chi connectivity index (χ1) is 13.2. The number of carbonyl (C=O) groups excluding carboxylic acids is 1. The van der Waals surface area contributed by atoms with E-state index >= 15 is 0 Å². The summed E-state index contributed by atoms with van der Waals surface area (Å²) in [6.45, 7) is 2.96. The second-order valence-electron chi connectivity index (χ2n) is 8.25. The average molecular weight is 385 g/mol. The molecule has 3 fully saturated rings. The second kappa shape index (κ2) is 6.64. The fraction of sp³-hybridized carbons (Fsp3) is 0.524. The van der Waals surface area contributed by atoms with Crippen LogP contribution in [0.1, 0.15) is 44.0 Å². The van der Waals surface area contributed by atoms with Crippen LogP contribution in [0.15, 0.2) is 30.5 Å². The van der Waals surface area contributed by atoms with Crippen LogP contribution in [0.3, 0.4) is 0 Å². The molecule has 0 bridgehead atoms. The van der Waals surface area contributed by atoms with Crippen molar-refractivity contribution in [2.75, 3.05) is 19.6 Å². The van der Waals surface area contributed by atoms with Gasteiger partial charge in [-0.2, -0.15) is 0 Å². The second-order valence-corrected chi connectivity index (χ2v) is 8.68. The van der Waals surface area contributed by atoms with Crippen molar-refractivity contribution >= 4 is 17.5 Å². The van der Waals surface area contributed by atoms with E-state index in [2.05, 4.69) is 20.2 Å². The van der Waals surface area contributed by atoms with Gasteiger partial charge in [0.2, 0.25) is 5.91 Å². The molecule has 1 saturated carbocycles. The number of aromatic amines is 1. The minimum atomic E-state index is 0.0814. The molecule has 1 aliphatic carbocycles. The summed E-state index contributed by atoms with van der Waals surface area (Å²) in [5, 5.41) is 4.14. The van der Waals surface area contributed by atoms with Crippen molar-refractivity contribution in [3.63, 3.8) is 0 Å². The maximum atomic E-state index is 13.2. The highest BCUT2D eigenvalue weighted by molar-refractivity contribution is 6.30. The minimum Gasteiger partial charge on any atom is -0.340 e. The van der Waals surface area contributed by atoms with Crippen LogP contribution in [0, 0.1) is 11.3 Å². The number of piperidine rings is 1. The van der Waals surface area contributed by atoms with Crippen LogP contribution < -0.4 is 5.32 Å². The van der Waals surface area contributed by atoms with Gasteiger partial charge in [0, 0.05) is 17.5 Å². The minimum absolute atomic E-state index is 0.0814. The van der Waals surface area contributed by atoms with Crippen LogP contribution in [0.4, 0.5) is 0 Å². The maximum Gasteiger partial charge on any atom is 0.226 e. The van der Waals surface area contributed by atoms with Crippen molar-refractivity contribution < 1.29 is 4.79 Å². The number of halogens is 1. The highest BCUT2D eigenvalue weighted by atomic mass is 35.5. The van der Waals surface area contributed by atoms with Crippen molar-refractivity contribution in [1.82, 2.24) is 20.2 Å². The smallest absolute Gasteiger partial charge is 0.226 e. The molecule has 2 aliphatic heterocycles. The number of benzene rings is 1. The zero-order chi connectivity index (χ0) is 18.4. The lowest BCUT2D eigenvalue weighted by Gasteiger charge is -2.27. The van der Waals surface area contributed by atoms with Gasteiger partial charge in [-0.25, -0.2) is 4.98 Å². The number of likely N-dealkylation sites (tertiary alicyclic amines) is 1. The molecular formula is C21H25ClN4O. The number of H-pyrrole nitrogens is 1. The lowest BCUT2D eigenvalue weighted by molar-refractivity contribution is -0.134. The number of hydrogen-bond donors (Lipinski definition) is 2. The summed E-state index contributed by atoms with van der Waals surface area (Å²) in [7, 11) is 0. The number of carbonyl (C=O) groups is 1. The molecular weight excluding hydrogens is 360 g/mol. The van der Waals surface area contributed by atoms with Gasteiger partial charge in [-0.1, -0.05) is 23.7 Å². The summed E-state index contributed by atoms with van der Waals surface area (Å²) in [4.78, 5) is 23.4. The van der Waals surface area contributed by atoms with E-state index in [-0.39, 0.29) is 17.4 Å². The summed E-state index contributed by atoms with van der Waals surface area (Å²) in [6, 6.07) is 7.82. The van der Waals surface area contributed by atoms with Crippen LogP contribution in [0.2, 0.25) is 5.02 Å². The molecule has 142 valence electrons. The van der Waals surface area contributed by atoms with Gasteiger partial charge < -0.3 is 15.2 Å². The first-order valence-electron chi connectivity index (χ1n) is 9.98. The van der Waals surface area contributed by atoms with Gasteiger partial charge in [-0.05, 0) is 68.3 Å². The number of rotatable bonds is 3. The van der Waals surface area contributed by atoms with Crippen LogP contribution in [0.5, 0.6) is 0 Å². The third kappa shape index (κ3) is 3.07. The van der Waals surface area contributed by atoms with Gasteiger partial charge in [0.15, 0.2) is 0 Å².